The first-order valence-corrected chi connectivity index (χ1v) is 11.1. The molecule has 0 saturated heterocycles. The molecule has 0 radical (unpaired) electrons. The molecule has 0 unspecified atom stereocenters. The zero-order valence-corrected chi connectivity index (χ0v) is 18.5. The Morgan fingerprint density at radius 1 is 1.10 bits per heavy atom. The van der Waals surface area contributed by atoms with E-state index >= 15 is 0 Å². The van der Waals surface area contributed by atoms with Crippen LogP contribution in [-0.2, 0) is 14.8 Å². The van der Waals surface area contributed by atoms with Gasteiger partial charge in [-0.3, -0.25) is 20.2 Å². The van der Waals surface area contributed by atoms with Crippen LogP contribution in [0.4, 0.5) is 11.4 Å². The first-order chi connectivity index (χ1) is 14.7. The second kappa shape index (κ2) is 10.8. The largest absolute Gasteiger partial charge is 0.484 e. The van der Waals surface area contributed by atoms with E-state index in [0.717, 1.165) is 0 Å². The van der Waals surface area contributed by atoms with Gasteiger partial charge in [0.1, 0.15) is 5.75 Å². The Morgan fingerprint density at radius 2 is 1.68 bits per heavy atom. The maximum atomic E-state index is 12.5. The minimum absolute atomic E-state index is 0.0108. The van der Waals surface area contributed by atoms with Gasteiger partial charge in [-0.2, -0.15) is 4.31 Å². The number of nitrogens with zero attached hydrogens (tertiary/aromatic N) is 2. The highest BCUT2D eigenvalue weighted by molar-refractivity contribution is 7.89. The van der Waals surface area contributed by atoms with Crippen LogP contribution in [0.2, 0.25) is 0 Å². The van der Waals surface area contributed by atoms with Gasteiger partial charge in [0, 0.05) is 30.9 Å². The summed E-state index contributed by atoms with van der Waals surface area (Å²) in [5.41, 5.74) is 0.415. The second-order valence-electron chi connectivity index (χ2n) is 6.16. The molecule has 2 aromatic rings. The summed E-state index contributed by atoms with van der Waals surface area (Å²) in [7, 11) is -3.56. The molecule has 0 fully saturated rings. The van der Waals surface area contributed by atoms with Crippen molar-refractivity contribution >= 4 is 44.6 Å². The summed E-state index contributed by atoms with van der Waals surface area (Å²) >= 11 is 5.07. The van der Waals surface area contributed by atoms with Gasteiger partial charge < -0.3 is 10.1 Å². The molecule has 2 rings (SSSR count). The van der Waals surface area contributed by atoms with E-state index in [1.165, 1.54) is 40.7 Å². The number of nitro groups is 1. The summed E-state index contributed by atoms with van der Waals surface area (Å²) < 4.78 is 31.6. The van der Waals surface area contributed by atoms with Gasteiger partial charge in [-0.25, -0.2) is 8.42 Å². The molecule has 2 aromatic carbocycles. The zero-order valence-electron chi connectivity index (χ0n) is 16.9. The molecule has 0 spiro atoms. The fourth-order valence-electron chi connectivity index (χ4n) is 2.56. The van der Waals surface area contributed by atoms with Crippen molar-refractivity contribution in [2.24, 2.45) is 0 Å². The van der Waals surface area contributed by atoms with Gasteiger partial charge in [-0.05, 0) is 48.6 Å². The molecule has 2 N–H and O–H groups in total. The van der Waals surface area contributed by atoms with Crippen molar-refractivity contribution in [3.8, 4) is 5.75 Å². The number of amides is 1. The monoisotopic (exact) mass is 466 g/mol. The molecule has 12 heteroatoms. The number of hydrogen-bond donors (Lipinski definition) is 2. The number of carbonyl (C=O) groups excluding carboxylic acids is 1. The number of non-ortho nitro benzene ring substituents is 1. The lowest BCUT2D eigenvalue weighted by Crippen LogP contribution is -2.37. The normalized spacial score (nSPS) is 11.1. The van der Waals surface area contributed by atoms with Crippen LogP contribution in [0.15, 0.2) is 53.4 Å². The first kappa shape index (κ1) is 24.2. The van der Waals surface area contributed by atoms with E-state index in [1.54, 1.807) is 26.0 Å². The predicted octanol–water partition coefficient (Wildman–Crippen LogP) is 2.52. The quantitative estimate of drug-likeness (QED) is 0.327. The molecule has 0 aromatic heterocycles. The number of thiocarbonyl (C=S) groups is 1. The molecule has 0 saturated carbocycles. The Morgan fingerprint density at radius 3 is 2.19 bits per heavy atom. The Labute approximate surface area is 185 Å². The van der Waals surface area contributed by atoms with Gasteiger partial charge in [-0.15, -0.1) is 0 Å². The third-order valence-corrected chi connectivity index (χ3v) is 6.39. The van der Waals surface area contributed by atoms with E-state index in [1.807, 2.05) is 0 Å². The van der Waals surface area contributed by atoms with Crippen LogP contribution in [0.5, 0.6) is 5.75 Å². The maximum Gasteiger partial charge on any atom is 0.269 e. The molecular formula is C19H22N4O6S2. The summed E-state index contributed by atoms with van der Waals surface area (Å²) in [6.07, 6.45) is 0. The van der Waals surface area contributed by atoms with E-state index in [9.17, 15) is 23.3 Å². The molecule has 0 bridgehead atoms. The number of ether oxygens (including phenoxy) is 1. The van der Waals surface area contributed by atoms with Gasteiger partial charge in [-0.1, -0.05) is 13.8 Å². The average Bonchev–Trinajstić information content (AvgIpc) is 2.73. The van der Waals surface area contributed by atoms with Gasteiger partial charge in [0.25, 0.3) is 11.6 Å². The third kappa shape index (κ3) is 6.70. The smallest absolute Gasteiger partial charge is 0.269 e. The number of rotatable bonds is 9. The van der Waals surface area contributed by atoms with Crippen molar-refractivity contribution in [3.05, 3.63) is 58.6 Å². The molecule has 0 heterocycles. The molecular weight excluding hydrogens is 444 g/mol. The highest BCUT2D eigenvalue weighted by Crippen LogP contribution is 2.19. The Hall–Kier alpha value is -3.09. The number of benzene rings is 2. The van der Waals surface area contributed by atoms with E-state index < -0.39 is 20.9 Å². The molecule has 10 nitrogen and oxygen atoms in total. The van der Waals surface area contributed by atoms with Crippen molar-refractivity contribution in [2.45, 2.75) is 18.7 Å². The fraction of sp³-hybridized carbons (Fsp3) is 0.263. The van der Waals surface area contributed by atoms with Gasteiger partial charge in [0.05, 0.1) is 9.82 Å². The lowest BCUT2D eigenvalue weighted by molar-refractivity contribution is -0.384. The van der Waals surface area contributed by atoms with E-state index in [0.29, 0.717) is 24.5 Å². The van der Waals surface area contributed by atoms with Gasteiger partial charge >= 0.3 is 0 Å². The minimum Gasteiger partial charge on any atom is -0.484 e. The van der Waals surface area contributed by atoms with Crippen LogP contribution in [0, 0.1) is 10.1 Å². The summed E-state index contributed by atoms with van der Waals surface area (Å²) in [5, 5.41) is 15.9. The van der Waals surface area contributed by atoms with Gasteiger partial charge in [0.15, 0.2) is 11.7 Å². The van der Waals surface area contributed by atoms with Crippen LogP contribution >= 0.6 is 12.2 Å². The van der Waals surface area contributed by atoms with Crippen molar-refractivity contribution in [1.82, 2.24) is 9.62 Å². The number of sulfonamides is 1. The van der Waals surface area contributed by atoms with E-state index in [4.69, 9.17) is 17.0 Å². The highest BCUT2D eigenvalue weighted by atomic mass is 32.2. The molecule has 166 valence electrons. The number of anilines is 1. The summed E-state index contributed by atoms with van der Waals surface area (Å²) in [5.74, 6) is -0.235. The number of nitrogens with one attached hydrogen (secondary N) is 2. The third-order valence-electron chi connectivity index (χ3n) is 4.13. The van der Waals surface area contributed by atoms with E-state index in [-0.39, 0.29) is 22.3 Å². The lowest BCUT2D eigenvalue weighted by atomic mass is 10.3. The summed E-state index contributed by atoms with van der Waals surface area (Å²) in [4.78, 5) is 22.2. The number of nitro benzene ring substituents is 1. The Balaban J connectivity index is 1.87. The number of hydrogen-bond acceptors (Lipinski definition) is 7. The van der Waals surface area contributed by atoms with Crippen molar-refractivity contribution < 1.29 is 22.9 Å². The molecule has 0 aliphatic heterocycles. The maximum absolute atomic E-state index is 12.5. The standard InChI is InChI=1S/C19H22N4O6S2/c1-3-22(4-2)31(27,28)17-11-5-14(6-12-17)20-19(30)21-18(24)13-29-16-9-7-15(8-10-16)23(25)26/h5-12H,3-4,13H2,1-2H3,(H2,20,21,24,30). The predicted molar refractivity (Wildman–Crippen MR) is 120 cm³/mol. The van der Waals surface area contributed by atoms with Gasteiger partial charge in [0.2, 0.25) is 10.0 Å². The SMILES string of the molecule is CCN(CC)S(=O)(=O)c1ccc(NC(=S)NC(=O)COc2ccc([N+](=O)[O-])cc2)cc1. The molecule has 1 amide bonds. The number of carbonyl (C=O) groups is 1. The molecule has 0 aliphatic carbocycles. The average molecular weight is 467 g/mol. The van der Waals surface area contributed by atoms with Crippen LogP contribution < -0.4 is 15.4 Å². The first-order valence-electron chi connectivity index (χ1n) is 9.25. The Bertz CT molecular complexity index is 1040. The Kier molecular flexibility index (Phi) is 8.42. The minimum atomic E-state index is -3.56. The summed E-state index contributed by atoms with van der Waals surface area (Å²) in [6, 6.07) is 11.3. The second-order valence-corrected chi connectivity index (χ2v) is 8.50. The van der Waals surface area contributed by atoms with Crippen LogP contribution in [-0.4, -0.2) is 48.4 Å². The topological polar surface area (TPSA) is 131 Å². The fourth-order valence-corrected chi connectivity index (χ4v) is 4.25. The van der Waals surface area contributed by atoms with Crippen LogP contribution in [0.25, 0.3) is 0 Å². The lowest BCUT2D eigenvalue weighted by Gasteiger charge is -2.18. The van der Waals surface area contributed by atoms with E-state index in [2.05, 4.69) is 10.6 Å². The van der Waals surface area contributed by atoms with Crippen molar-refractivity contribution in [2.75, 3.05) is 25.0 Å². The van der Waals surface area contributed by atoms with Crippen LogP contribution in [0.1, 0.15) is 13.8 Å². The zero-order chi connectivity index (χ0) is 23.0. The highest BCUT2D eigenvalue weighted by Gasteiger charge is 2.21. The van der Waals surface area contributed by atoms with Crippen LogP contribution in [0.3, 0.4) is 0 Å². The molecule has 31 heavy (non-hydrogen) atoms. The molecule has 0 aliphatic rings. The molecule has 0 atom stereocenters. The summed E-state index contributed by atoms with van der Waals surface area (Å²) in [6.45, 7) is 3.93. The van der Waals surface area contributed by atoms with Crippen molar-refractivity contribution in [1.29, 1.82) is 0 Å². The van der Waals surface area contributed by atoms with Crippen molar-refractivity contribution in [3.63, 3.8) is 0 Å².